The minimum absolute atomic E-state index is 0.151. The molecule has 2 N–H and O–H groups in total. The number of carbonyl (C=O) groups excluding carboxylic acids is 2. The van der Waals surface area contributed by atoms with E-state index in [9.17, 15) is 9.59 Å². The van der Waals surface area contributed by atoms with Gasteiger partial charge in [0.05, 0.1) is 13.5 Å². The summed E-state index contributed by atoms with van der Waals surface area (Å²) in [5.74, 6) is 0.373. The van der Waals surface area contributed by atoms with Crippen molar-refractivity contribution in [3.63, 3.8) is 0 Å². The Morgan fingerprint density at radius 3 is 2.59 bits per heavy atom. The van der Waals surface area contributed by atoms with Gasteiger partial charge < -0.3 is 15.4 Å². The number of ether oxygens (including phenoxy) is 1. The highest BCUT2D eigenvalue weighted by atomic mass is 16.5. The number of amides is 2. The van der Waals surface area contributed by atoms with Gasteiger partial charge in [-0.2, -0.15) is 0 Å². The summed E-state index contributed by atoms with van der Waals surface area (Å²) in [4.78, 5) is 23.7. The Balaban J connectivity index is 2.04. The molecule has 0 heterocycles. The number of nitrogens with one attached hydrogen (secondary N) is 2. The van der Waals surface area contributed by atoms with Crippen LogP contribution in [-0.2, 0) is 11.2 Å². The van der Waals surface area contributed by atoms with Gasteiger partial charge in [0, 0.05) is 18.3 Å². The number of benzene rings is 2. The first kappa shape index (κ1) is 15.6. The van der Waals surface area contributed by atoms with E-state index < -0.39 is 0 Å². The number of hydrogen-bond donors (Lipinski definition) is 2. The van der Waals surface area contributed by atoms with Gasteiger partial charge in [0.15, 0.2) is 0 Å². The molecule has 0 atom stereocenters. The van der Waals surface area contributed by atoms with Crippen LogP contribution in [0.25, 0.3) is 0 Å². The fraction of sp³-hybridized carbons (Fsp3) is 0.176. The van der Waals surface area contributed by atoms with Gasteiger partial charge in [-0.15, -0.1) is 0 Å². The molecule has 0 aliphatic rings. The average Bonchev–Trinajstić information content (AvgIpc) is 2.54. The van der Waals surface area contributed by atoms with Gasteiger partial charge in [-0.05, 0) is 35.9 Å². The van der Waals surface area contributed by atoms with E-state index in [1.165, 1.54) is 0 Å². The molecular formula is C17H18N2O3. The molecule has 0 bridgehead atoms. The zero-order valence-corrected chi connectivity index (χ0v) is 12.6. The van der Waals surface area contributed by atoms with Crippen molar-refractivity contribution < 1.29 is 14.3 Å². The zero-order valence-electron chi connectivity index (χ0n) is 12.6. The maximum absolute atomic E-state index is 12.1. The summed E-state index contributed by atoms with van der Waals surface area (Å²) in [6, 6.07) is 14.2. The van der Waals surface area contributed by atoms with Crippen LogP contribution in [-0.4, -0.2) is 26.0 Å². The highest BCUT2D eigenvalue weighted by Gasteiger charge is 2.07. The summed E-state index contributed by atoms with van der Waals surface area (Å²) in [5.41, 5.74) is 1.95. The quantitative estimate of drug-likeness (QED) is 0.889. The van der Waals surface area contributed by atoms with Crippen LogP contribution in [0.5, 0.6) is 5.75 Å². The van der Waals surface area contributed by atoms with Gasteiger partial charge in [-0.1, -0.05) is 18.2 Å². The van der Waals surface area contributed by atoms with E-state index in [0.29, 0.717) is 17.0 Å². The molecule has 5 nitrogen and oxygen atoms in total. The number of anilines is 1. The van der Waals surface area contributed by atoms with Crippen LogP contribution in [0.4, 0.5) is 5.69 Å². The standard InChI is InChI=1S/C17H18N2O3/c1-18-17(21)13-6-4-7-14(11-13)19-16(20)10-12-5-3-8-15(9-12)22-2/h3-9,11H,10H2,1-2H3,(H,18,21)(H,19,20). The normalized spacial score (nSPS) is 9.91. The number of rotatable bonds is 5. The first-order valence-electron chi connectivity index (χ1n) is 6.87. The molecule has 22 heavy (non-hydrogen) atoms. The lowest BCUT2D eigenvalue weighted by molar-refractivity contribution is -0.115. The van der Waals surface area contributed by atoms with Crippen LogP contribution in [0.3, 0.4) is 0 Å². The molecule has 2 aromatic carbocycles. The topological polar surface area (TPSA) is 67.4 Å². The second kappa shape index (κ2) is 7.26. The molecule has 2 rings (SSSR count). The predicted octanol–water partition coefficient (Wildman–Crippen LogP) is 2.24. The smallest absolute Gasteiger partial charge is 0.251 e. The Bertz CT molecular complexity index is 683. The van der Waals surface area contributed by atoms with E-state index in [1.54, 1.807) is 38.4 Å². The minimum atomic E-state index is -0.191. The minimum Gasteiger partial charge on any atom is -0.497 e. The molecule has 0 aliphatic carbocycles. The van der Waals surface area contributed by atoms with Gasteiger partial charge in [-0.3, -0.25) is 9.59 Å². The Hall–Kier alpha value is -2.82. The molecule has 0 spiro atoms. The van der Waals surface area contributed by atoms with E-state index >= 15 is 0 Å². The summed E-state index contributed by atoms with van der Waals surface area (Å²) in [6.45, 7) is 0. The third-order valence-corrected chi connectivity index (χ3v) is 3.13. The third kappa shape index (κ3) is 4.09. The van der Waals surface area contributed by atoms with Crippen LogP contribution in [0, 0.1) is 0 Å². The lowest BCUT2D eigenvalue weighted by Gasteiger charge is -2.08. The monoisotopic (exact) mass is 298 g/mol. The Labute approximate surface area is 129 Å². The average molecular weight is 298 g/mol. The van der Waals surface area contributed by atoms with Crippen molar-refractivity contribution in [1.29, 1.82) is 0 Å². The first-order valence-corrected chi connectivity index (χ1v) is 6.87. The SMILES string of the molecule is CNC(=O)c1cccc(NC(=O)Cc2cccc(OC)c2)c1. The van der Waals surface area contributed by atoms with Crippen molar-refractivity contribution in [1.82, 2.24) is 5.32 Å². The Morgan fingerprint density at radius 1 is 1.09 bits per heavy atom. The summed E-state index contributed by atoms with van der Waals surface area (Å²) in [5, 5.41) is 5.34. The fourth-order valence-electron chi connectivity index (χ4n) is 2.06. The van der Waals surface area contributed by atoms with Crippen LogP contribution in [0.15, 0.2) is 48.5 Å². The summed E-state index contributed by atoms with van der Waals surface area (Å²) < 4.78 is 5.13. The number of carbonyl (C=O) groups is 2. The Kier molecular flexibility index (Phi) is 5.14. The van der Waals surface area contributed by atoms with Crippen LogP contribution in [0.2, 0.25) is 0 Å². The van der Waals surface area contributed by atoms with Crippen LogP contribution < -0.4 is 15.4 Å². The molecule has 0 saturated carbocycles. The van der Waals surface area contributed by atoms with E-state index in [0.717, 1.165) is 5.56 Å². The molecule has 0 unspecified atom stereocenters. The molecule has 2 amide bonds. The van der Waals surface area contributed by atoms with Crippen LogP contribution in [0.1, 0.15) is 15.9 Å². The molecule has 0 saturated heterocycles. The molecule has 5 heteroatoms. The van der Waals surface area contributed by atoms with Gasteiger partial charge in [0.25, 0.3) is 5.91 Å². The van der Waals surface area contributed by atoms with Crippen molar-refractivity contribution >= 4 is 17.5 Å². The molecule has 0 aromatic heterocycles. The van der Waals surface area contributed by atoms with Crippen molar-refractivity contribution in [2.24, 2.45) is 0 Å². The third-order valence-electron chi connectivity index (χ3n) is 3.13. The Morgan fingerprint density at radius 2 is 1.86 bits per heavy atom. The first-order chi connectivity index (χ1) is 10.6. The number of hydrogen-bond acceptors (Lipinski definition) is 3. The summed E-state index contributed by atoms with van der Waals surface area (Å²) >= 11 is 0. The zero-order chi connectivity index (χ0) is 15.9. The molecular weight excluding hydrogens is 280 g/mol. The highest BCUT2D eigenvalue weighted by molar-refractivity contribution is 5.97. The van der Waals surface area contributed by atoms with Gasteiger partial charge in [0.1, 0.15) is 5.75 Å². The van der Waals surface area contributed by atoms with Gasteiger partial charge in [0.2, 0.25) is 5.91 Å². The highest BCUT2D eigenvalue weighted by Crippen LogP contribution is 2.15. The van der Waals surface area contributed by atoms with Gasteiger partial charge in [-0.25, -0.2) is 0 Å². The second-order valence-electron chi connectivity index (χ2n) is 4.74. The van der Waals surface area contributed by atoms with Crippen molar-refractivity contribution in [3.05, 3.63) is 59.7 Å². The van der Waals surface area contributed by atoms with E-state index in [1.807, 2.05) is 24.3 Å². The molecule has 0 radical (unpaired) electrons. The largest absolute Gasteiger partial charge is 0.497 e. The number of methoxy groups -OCH3 is 1. The summed E-state index contributed by atoms with van der Waals surface area (Å²) in [7, 11) is 3.15. The lowest BCUT2D eigenvalue weighted by atomic mass is 10.1. The lowest BCUT2D eigenvalue weighted by Crippen LogP contribution is -2.19. The van der Waals surface area contributed by atoms with E-state index in [4.69, 9.17) is 4.74 Å². The molecule has 2 aromatic rings. The van der Waals surface area contributed by atoms with Crippen LogP contribution >= 0.6 is 0 Å². The fourth-order valence-corrected chi connectivity index (χ4v) is 2.06. The van der Waals surface area contributed by atoms with Crippen molar-refractivity contribution in [2.45, 2.75) is 6.42 Å². The van der Waals surface area contributed by atoms with E-state index in [2.05, 4.69) is 10.6 Å². The molecule has 114 valence electrons. The maximum Gasteiger partial charge on any atom is 0.251 e. The molecule has 0 aliphatic heterocycles. The maximum atomic E-state index is 12.1. The van der Waals surface area contributed by atoms with Crippen molar-refractivity contribution in [2.75, 3.05) is 19.5 Å². The second-order valence-corrected chi connectivity index (χ2v) is 4.74. The molecule has 0 fully saturated rings. The predicted molar refractivity (Wildman–Crippen MR) is 85.2 cm³/mol. The van der Waals surface area contributed by atoms with Gasteiger partial charge >= 0.3 is 0 Å². The van der Waals surface area contributed by atoms with E-state index in [-0.39, 0.29) is 18.2 Å². The van der Waals surface area contributed by atoms with Crippen molar-refractivity contribution in [3.8, 4) is 5.75 Å². The summed E-state index contributed by atoms with van der Waals surface area (Å²) in [6.07, 6.45) is 0.238.